The van der Waals surface area contributed by atoms with Crippen LogP contribution in [-0.4, -0.2) is 72.6 Å². The lowest BCUT2D eigenvalue weighted by Crippen LogP contribution is -2.58. The summed E-state index contributed by atoms with van der Waals surface area (Å²) in [6.07, 6.45) is 4.64. The van der Waals surface area contributed by atoms with Crippen LogP contribution in [0.4, 0.5) is 0 Å². The quantitative estimate of drug-likeness (QED) is 0.497. The Morgan fingerprint density at radius 3 is 2.65 bits per heavy atom. The molecule has 7 nitrogen and oxygen atoms in total. The number of fused-ring (bicyclic) bond motifs is 2. The number of carbonyl (C=O) groups is 1. The van der Waals surface area contributed by atoms with Crippen molar-refractivity contribution < 1.29 is 23.7 Å². The lowest BCUT2D eigenvalue weighted by molar-refractivity contribution is -0.168. The van der Waals surface area contributed by atoms with Crippen molar-refractivity contribution in [3.8, 4) is 11.5 Å². The molecule has 4 aliphatic heterocycles. The van der Waals surface area contributed by atoms with E-state index in [-0.39, 0.29) is 29.2 Å². The van der Waals surface area contributed by atoms with Crippen molar-refractivity contribution in [3.05, 3.63) is 23.8 Å². The molecule has 2 saturated carbocycles. The Morgan fingerprint density at radius 2 is 1.79 bits per heavy atom. The predicted octanol–water partition coefficient (Wildman–Crippen LogP) is 3.06. The number of hydrogen-bond donors (Lipinski definition) is 0. The number of piperazine rings is 1. The third-order valence-electron chi connectivity index (χ3n) is 9.85. The van der Waals surface area contributed by atoms with Gasteiger partial charge in [0, 0.05) is 51.1 Å². The highest BCUT2D eigenvalue weighted by atomic mass is 16.7. The summed E-state index contributed by atoms with van der Waals surface area (Å²) < 4.78 is 23.6. The average molecular weight is 469 g/mol. The Balaban J connectivity index is 1.01. The predicted molar refractivity (Wildman–Crippen MR) is 124 cm³/mol. The van der Waals surface area contributed by atoms with Gasteiger partial charge in [0.1, 0.15) is 11.7 Å². The molecule has 0 N–H and O–H groups in total. The van der Waals surface area contributed by atoms with Crippen LogP contribution in [0.5, 0.6) is 11.5 Å². The van der Waals surface area contributed by atoms with Crippen molar-refractivity contribution in [2.75, 3.05) is 39.5 Å². The van der Waals surface area contributed by atoms with Crippen LogP contribution in [0.1, 0.15) is 45.1 Å². The maximum absolute atomic E-state index is 13.3. The maximum Gasteiger partial charge on any atom is 0.311 e. The van der Waals surface area contributed by atoms with E-state index in [2.05, 4.69) is 35.8 Å². The fourth-order valence-corrected chi connectivity index (χ4v) is 7.97. The van der Waals surface area contributed by atoms with Gasteiger partial charge < -0.3 is 18.9 Å². The van der Waals surface area contributed by atoms with Gasteiger partial charge in [-0.15, -0.1) is 0 Å². The highest BCUT2D eigenvalue weighted by Gasteiger charge is 2.77. The molecule has 1 aromatic rings. The van der Waals surface area contributed by atoms with Gasteiger partial charge in [0.2, 0.25) is 6.79 Å². The van der Waals surface area contributed by atoms with Crippen LogP contribution in [0, 0.1) is 23.7 Å². The normalized spacial score (nSPS) is 43.1. The zero-order valence-corrected chi connectivity index (χ0v) is 20.3. The summed E-state index contributed by atoms with van der Waals surface area (Å²) in [4.78, 5) is 18.3. The standard InChI is InChI=1S/C27H36N2O5/c1-17-3-5-21-19(24(30)33-27(21)20(17)7-8-26(2)25(27)34-26)15-29-11-9-28(10-12-29)14-18-4-6-22-23(13-18)32-16-31-22/h4,6,13,17,19-21,25H,3,5,7-12,14-16H2,1-2H3/t17-,19-,20+,21-,25-,26+,27-/m0/s1. The van der Waals surface area contributed by atoms with E-state index in [9.17, 15) is 4.79 Å². The Morgan fingerprint density at radius 1 is 1.00 bits per heavy atom. The number of epoxide rings is 1. The van der Waals surface area contributed by atoms with E-state index in [0.717, 1.165) is 70.0 Å². The molecule has 184 valence electrons. The second-order valence-corrected chi connectivity index (χ2v) is 11.8. The van der Waals surface area contributed by atoms with Crippen molar-refractivity contribution in [1.82, 2.24) is 9.80 Å². The molecular weight excluding hydrogens is 432 g/mol. The van der Waals surface area contributed by atoms with Crippen LogP contribution in [0.25, 0.3) is 0 Å². The van der Waals surface area contributed by atoms with Crippen molar-refractivity contribution in [2.24, 2.45) is 23.7 Å². The van der Waals surface area contributed by atoms with Gasteiger partial charge in [-0.3, -0.25) is 14.6 Å². The zero-order valence-electron chi connectivity index (χ0n) is 20.3. The molecule has 34 heavy (non-hydrogen) atoms. The number of ether oxygens (including phenoxy) is 4. The number of benzene rings is 1. The molecule has 1 aromatic carbocycles. The fourth-order valence-electron chi connectivity index (χ4n) is 7.97. The van der Waals surface area contributed by atoms with Crippen LogP contribution in [0.3, 0.4) is 0 Å². The van der Waals surface area contributed by atoms with Gasteiger partial charge in [0.05, 0.1) is 11.5 Å². The molecule has 0 unspecified atom stereocenters. The van der Waals surface area contributed by atoms with E-state index < -0.39 is 0 Å². The first-order valence-electron chi connectivity index (χ1n) is 13.2. The summed E-state index contributed by atoms with van der Waals surface area (Å²) in [6, 6.07) is 6.24. The molecule has 7 rings (SSSR count). The van der Waals surface area contributed by atoms with Crippen molar-refractivity contribution in [1.29, 1.82) is 0 Å². The largest absolute Gasteiger partial charge is 0.455 e. The van der Waals surface area contributed by atoms with E-state index in [1.54, 1.807) is 0 Å². The summed E-state index contributed by atoms with van der Waals surface area (Å²) in [5, 5.41) is 0. The van der Waals surface area contributed by atoms with Gasteiger partial charge in [0.15, 0.2) is 11.5 Å². The second-order valence-electron chi connectivity index (χ2n) is 11.8. The molecule has 2 aliphatic carbocycles. The second kappa shape index (κ2) is 7.58. The fraction of sp³-hybridized carbons (Fsp3) is 0.741. The Bertz CT molecular complexity index is 993. The molecule has 5 fully saturated rings. The lowest BCUT2D eigenvalue weighted by atomic mass is 9.55. The first-order valence-corrected chi connectivity index (χ1v) is 13.2. The Labute approximate surface area is 201 Å². The van der Waals surface area contributed by atoms with E-state index in [0.29, 0.717) is 24.5 Å². The Hall–Kier alpha value is -1.83. The van der Waals surface area contributed by atoms with E-state index in [1.807, 2.05) is 6.07 Å². The number of carbonyl (C=O) groups excluding carboxylic acids is 1. The van der Waals surface area contributed by atoms with Gasteiger partial charge in [-0.25, -0.2) is 0 Å². The molecule has 3 saturated heterocycles. The number of nitrogens with zero attached hydrogens (tertiary/aromatic N) is 2. The van der Waals surface area contributed by atoms with Gasteiger partial charge in [-0.2, -0.15) is 0 Å². The summed E-state index contributed by atoms with van der Waals surface area (Å²) in [5.41, 5.74) is 0.820. The molecule has 0 radical (unpaired) electrons. The monoisotopic (exact) mass is 468 g/mol. The maximum atomic E-state index is 13.3. The zero-order chi connectivity index (χ0) is 23.1. The number of esters is 1. The molecule has 1 spiro atoms. The lowest BCUT2D eigenvalue weighted by Gasteiger charge is -2.50. The number of hydrogen-bond acceptors (Lipinski definition) is 7. The highest BCUT2D eigenvalue weighted by molar-refractivity contribution is 5.77. The minimum Gasteiger partial charge on any atom is -0.455 e. The van der Waals surface area contributed by atoms with Gasteiger partial charge >= 0.3 is 5.97 Å². The molecule has 7 heteroatoms. The molecule has 0 aromatic heterocycles. The first-order chi connectivity index (χ1) is 16.5. The summed E-state index contributed by atoms with van der Waals surface area (Å²) >= 11 is 0. The summed E-state index contributed by atoms with van der Waals surface area (Å²) in [6.45, 7) is 10.6. The van der Waals surface area contributed by atoms with Crippen molar-refractivity contribution in [2.45, 2.75) is 63.4 Å². The van der Waals surface area contributed by atoms with Crippen LogP contribution >= 0.6 is 0 Å². The molecule has 4 heterocycles. The Kier molecular flexibility index (Phi) is 4.78. The number of rotatable bonds is 4. The molecule has 7 atom stereocenters. The van der Waals surface area contributed by atoms with E-state index in [1.165, 1.54) is 12.0 Å². The molecule has 6 aliphatic rings. The van der Waals surface area contributed by atoms with Crippen molar-refractivity contribution in [3.63, 3.8) is 0 Å². The minimum absolute atomic E-state index is 0.0121. The van der Waals surface area contributed by atoms with Gasteiger partial charge in [-0.1, -0.05) is 13.0 Å². The average Bonchev–Trinajstić information content (AvgIpc) is 3.19. The van der Waals surface area contributed by atoms with Crippen LogP contribution < -0.4 is 9.47 Å². The third-order valence-corrected chi connectivity index (χ3v) is 9.85. The SMILES string of the molecule is C[C@H]1CC[C@H]2[C@H](CN3CCN(Cc4ccc5c(c4)OCO5)CC3)C(=O)O[C@@]23[C@@H]1CC[C@@]1(C)O[C@H]31. The minimum atomic E-state index is -0.367. The van der Waals surface area contributed by atoms with E-state index >= 15 is 0 Å². The topological polar surface area (TPSA) is 63.8 Å². The summed E-state index contributed by atoms with van der Waals surface area (Å²) in [5.74, 6) is 3.08. The summed E-state index contributed by atoms with van der Waals surface area (Å²) in [7, 11) is 0. The van der Waals surface area contributed by atoms with Gasteiger partial charge in [-0.05, 0) is 56.2 Å². The van der Waals surface area contributed by atoms with Crippen molar-refractivity contribution >= 4 is 5.97 Å². The van der Waals surface area contributed by atoms with Crippen LogP contribution in [0.15, 0.2) is 18.2 Å². The van der Waals surface area contributed by atoms with Crippen LogP contribution in [-0.2, 0) is 20.8 Å². The first kappa shape index (κ1) is 21.5. The van der Waals surface area contributed by atoms with Crippen LogP contribution in [0.2, 0.25) is 0 Å². The smallest absolute Gasteiger partial charge is 0.311 e. The third kappa shape index (κ3) is 3.16. The van der Waals surface area contributed by atoms with Gasteiger partial charge in [0.25, 0.3) is 0 Å². The molecule has 0 bridgehead atoms. The highest BCUT2D eigenvalue weighted by Crippen LogP contribution is 2.66. The molecular formula is C27H36N2O5. The van der Waals surface area contributed by atoms with E-state index in [4.69, 9.17) is 18.9 Å². The molecule has 0 amide bonds.